The van der Waals surface area contributed by atoms with Crippen molar-refractivity contribution in [2.24, 2.45) is 0 Å². The number of carboxylic acid groups (broad SMARTS) is 1. The SMILES string of the molecule is O=C(O)/C=C/c1cccc(NC(=O)c2cccnc2Cl)c1. The third-order valence-electron chi connectivity index (χ3n) is 2.57. The monoisotopic (exact) mass is 302 g/mol. The molecule has 21 heavy (non-hydrogen) atoms. The predicted octanol–water partition coefficient (Wildman–Crippen LogP) is 3.09. The third kappa shape index (κ3) is 4.15. The molecule has 0 aliphatic rings. The van der Waals surface area contributed by atoms with Gasteiger partial charge in [-0.3, -0.25) is 4.79 Å². The van der Waals surface area contributed by atoms with Crippen LogP contribution in [0.1, 0.15) is 15.9 Å². The number of nitrogens with one attached hydrogen (secondary N) is 1. The molecule has 0 fully saturated rings. The van der Waals surface area contributed by atoms with Crippen LogP contribution in [0, 0.1) is 0 Å². The summed E-state index contributed by atoms with van der Waals surface area (Å²) in [6.45, 7) is 0. The summed E-state index contributed by atoms with van der Waals surface area (Å²) in [5, 5.41) is 11.4. The van der Waals surface area contributed by atoms with E-state index < -0.39 is 5.97 Å². The first-order chi connectivity index (χ1) is 10.1. The van der Waals surface area contributed by atoms with E-state index in [2.05, 4.69) is 10.3 Å². The second kappa shape index (κ2) is 6.67. The Bertz CT molecular complexity index is 714. The van der Waals surface area contributed by atoms with Crippen molar-refractivity contribution in [3.8, 4) is 0 Å². The van der Waals surface area contributed by atoms with Crippen LogP contribution in [0.4, 0.5) is 5.69 Å². The van der Waals surface area contributed by atoms with Gasteiger partial charge in [0.25, 0.3) is 5.91 Å². The van der Waals surface area contributed by atoms with E-state index >= 15 is 0 Å². The number of carboxylic acids is 1. The first kappa shape index (κ1) is 14.7. The Morgan fingerprint density at radius 2 is 2.05 bits per heavy atom. The maximum absolute atomic E-state index is 12.1. The molecular formula is C15H11ClN2O3. The molecule has 1 amide bonds. The first-order valence-corrected chi connectivity index (χ1v) is 6.37. The molecular weight excluding hydrogens is 292 g/mol. The van der Waals surface area contributed by atoms with Gasteiger partial charge in [-0.15, -0.1) is 0 Å². The Morgan fingerprint density at radius 3 is 2.76 bits per heavy atom. The summed E-state index contributed by atoms with van der Waals surface area (Å²) < 4.78 is 0. The van der Waals surface area contributed by atoms with E-state index in [0.717, 1.165) is 6.08 Å². The molecule has 106 valence electrons. The molecule has 6 heteroatoms. The van der Waals surface area contributed by atoms with E-state index in [9.17, 15) is 9.59 Å². The van der Waals surface area contributed by atoms with Gasteiger partial charge in [0.05, 0.1) is 5.56 Å². The lowest BCUT2D eigenvalue weighted by Gasteiger charge is -2.06. The minimum atomic E-state index is -1.04. The Balaban J connectivity index is 2.17. The Kier molecular flexibility index (Phi) is 4.68. The number of hydrogen-bond donors (Lipinski definition) is 2. The molecule has 0 saturated carbocycles. The van der Waals surface area contributed by atoms with Gasteiger partial charge in [0.15, 0.2) is 0 Å². The van der Waals surface area contributed by atoms with Crippen LogP contribution in [0.15, 0.2) is 48.7 Å². The Hall–Kier alpha value is -2.66. The molecule has 5 nitrogen and oxygen atoms in total. The van der Waals surface area contributed by atoms with Gasteiger partial charge in [0.1, 0.15) is 5.15 Å². The fourth-order valence-corrected chi connectivity index (χ4v) is 1.85. The predicted molar refractivity (Wildman–Crippen MR) is 80.3 cm³/mol. The number of carbonyl (C=O) groups is 2. The average Bonchev–Trinajstić information content (AvgIpc) is 2.46. The topological polar surface area (TPSA) is 79.3 Å². The van der Waals surface area contributed by atoms with Gasteiger partial charge in [-0.1, -0.05) is 23.7 Å². The van der Waals surface area contributed by atoms with E-state index in [1.165, 1.54) is 12.3 Å². The maximum atomic E-state index is 12.1. The second-order valence-electron chi connectivity index (χ2n) is 4.09. The van der Waals surface area contributed by atoms with Crippen molar-refractivity contribution in [3.63, 3.8) is 0 Å². The number of pyridine rings is 1. The number of halogens is 1. The zero-order chi connectivity index (χ0) is 15.2. The minimum absolute atomic E-state index is 0.122. The van der Waals surface area contributed by atoms with Gasteiger partial charge in [-0.05, 0) is 35.9 Å². The maximum Gasteiger partial charge on any atom is 0.328 e. The van der Waals surface area contributed by atoms with Gasteiger partial charge in [0.2, 0.25) is 0 Å². The molecule has 2 aromatic rings. The van der Waals surface area contributed by atoms with Crippen LogP contribution in [-0.2, 0) is 4.79 Å². The van der Waals surface area contributed by atoms with Crippen LogP contribution in [0.2, 0.25) is 5.15 Å². The molecule has 0 bridgehead atoms. The Morgan fingerprint density at radius 1 is 1.24 bits per heavy atom. The molecule has 2 N–H and O–H groups in total. The van der Waals surface area contributed by atoms with Crippen molar-refractivity contribution in [1.82, 2.24) is 4.98 Å². The van der Waals surface area contributed by atoms with Crippen LogP contribution in [0.3, 0.4) is 0 Å². The number of anilines is 1. The molecule has 0 aliphatic heterocycles. The number of nitrogens with zero attached hydrogens (tertiary/aromatic N) is 1. The largest absolute Gasteiger partial charge is 0.478 e. The van der Waals surface area contributed by atoms with E-state index in [1.54, 1.807) is 36.4 Å². The van der Waals surface area contributed by atoms with Crippen molar-refractivity contribution in [1.29, 1.82) is 0 Å². The highest BCUT2D eigenvalue weighted by atomic mass is 35.5. The number of aromatic nitrogens is 1. The average molecular weight is 303 g/mol. The van der Waals surface area contributed by atoms with Gasteiger partial charge in [-0.2, -0.15) is 0 Å². The quantitative estimate of drug-likeness (QED) is 0.672. The summed E-state index contributed by atoms with van der Waals surface area (Å²) in [6, 6.07) is 9.97. The normalized spacial score (nSPS) is 10.5. The van der Waals surface area contributed by atoms with Crippen molar-refractivity contribution < 1.29 is 14.7 Å². The molecule has 1 aromatic heterocycles. The molecule has 0 atom stereocenters. The van der Waals surface area contributed by atoms with Crippen LogP contribution in [0.25, 0.3) is 6.08 Å². The van der Waals surface area contributed by atoms with E-state index in [1.807, 2.05) is 0 Å². The zero-order valence-electron chi connectivity index (χ0n) is 10.8. The van der Waals surface area contributed by atoms with Gasteiger partial charge in [-0.25, -0.2) is 9.78 Å². The minimum Gasteiger partial charge on any atom is -0.478 e. The van der Waals surface area contributed by atoms with Crippen molar-refractivity contribution in [3.05, 3.63) is 65.0 Å². The summed E-state index contributed by atoms with van der Waals surface area (Å²) in [5.41, 5.74) is 1.46. The smallest absolute Gasteiger partial charge is 0.328 e. The Labute approximate surface area is 125 Å². The first-order valence-electron chi connectivity index (χ1n) is 5.99. The van der Waals surface area contributed by atoms with Crippen molar-refractivity contribution in [2.75, 3.05) is 5.32 Å². The summed E-state index contributed by atoms with van der Waals surface area (Å²) >= 11 is 5.85. The fraction of sp³-hybridized carbons (Fsp3) is 0. The standard InChI is InChI=1S/C15H11ClN2O3/c16-14-12(5-2-8-17-14)15(21)18-11-4-1-3-10(9-11)6-7-13(19)20/h1-9H,(H,18,21)(H,19,20)/b7-6+. The molecule has 1 aromatic carbocycles. The number of amides is 1. The van der Waals surface area contributed by atoms with Gasteiger partial charge in [0, 0.05) is 18.0 Å². The van der Waals surface area contributed by atoms with E-state index in [4.69, 9.17) is 16.7 Å². The molecule has 0 radical (unpaired) electrons. The van der Waals surface area contributed by atoms with Crippen LogP contribution >= 0.6 is 11.6 Å². The number of rotatable bonds is 4. The number of benzene rings is 1. The fourth-order valence-electron chi connectivity index (χ4n) is 1.64. The highest BCUT2D eigenvalue weighted by Crippen LogP contribution is 2.16. The van der Waals surface area contributed by atoms with Crippen molar-refractivity contribution in [2.45, 2.75) is 0 Å². The zero-order valence-corrected chi connectivity index (χ0v) is 11.5. The lowest BCUT2D eigenvalue weighted by atomic mass is 10.1. The second-order valence-corrected chi connectivity index (χ2v) is 4.45. The molecule has 0 spiro atoms. The summed E-state index contributed by atoms with van der Waals surface area (Å²) in [5.74, 6) is -1.42. The van der Waals surface area contributed by atoms with E-state index in [0.29, 0.717) is 11.3 Å². The molecule has 0 unspecified atom stereocenters. The summed E-state index contributed by atoms with van der Waals surface area (Å²) in [4.78, 5) is 26.4. The summed E-state index contributed by atoms with van der Waals surface area (Å²) in [6.07, 6.45) is 3.96. The summed E-state index contributed by atoms with van der Waals surface area (Å²) in [7, 11) is 0. The molecule has 1 heterocycles. The third-order valence-corrected chi connectivity index (χ3v) is 2.87. The van der Waals surface area contributed by atoms with Crippen molar-refractivity contribution >= 4 is 35.2 Å². The highest BCUT2D eigenvalue weighted by Gasteiger charge is 2.10. The number of aliphatic carboxylic acids is 1. The highest BCUT2D eigenvalue weighted by molar-refractivity contribution is 6.33. The lowest BCUT2D eigenvalue weighted by molar-refractivity contribution is -0.131. The molecule has 0 aliphatic carbocycles. The van der Waals surface area contributed by atoms with Gasteiger partial charge < -0.3 is 10.4 Å². The lowest BCUT2D eigenvalue weighted by Crippen LogP contribution is -2.12. The van der Waals surface area contributed by atoms with Gasteiger partial charge >= 0.3 is 5.97 Å². The number of carbonyl (C=O) groups excluding carboxylic acids is 1. The number of hydrogen-bond acceptors (Lipinski definition) is 3. The van der Waals surface area contributed by atoms with Crippen LogP contribution < -0.4 is 5.32 Å². The van der Waals surface area contributed by atoms with Crippen LogP contribution in [0.5, 0.6) is 0 Å². The molecule has 2 rings (SSSR count). The van der Waals surface area contributed by atoms with E-state index in [-0.39, 0.29) is 16.6 Å². The molecule has 0 saturated heterocycles. The van der Waals surface area contributed by atoms with Crippen LogP contribution in [-0.4, -0.2) is 22.0 Å².